The number of aryl methyl sites for hydroxylation is 1. The highest BCUT2D eigenvalue weighted by Crippen LogP contribution is 2.06. The fraction of sp³-hybridized carbons (Fsp3) is 0.688. The number of nitrogens with zero attached hydrogens (tertiary/aromatic N) is 2. The number of hydrogen-bond donors (Lipinski definition) is 2. The van der Waals surface area contributed by atoms with Gasteiger partial charge >= 0.3 is 0 Å². The molecule has 2 N–H and O–H groups in total. The Bertz CT molecular complexity index is 446. The summed E-state index contributed by atoms with van der Waals surface area (Å²) in [6.07, 6.45) is 4.42. The fourth-order valence-electron chi connectivity index (χ4n) is 1.90. The molecule has 0 atom stereocenters. The van der Waals surface area contributed by atoms with E-state index in [1.54, 1.807) is 6.07 Å². The molecule has 0 radical (unpaired) electrons. The highest BCUT2D eigenvalue weighted by Gasteiger charge is 2.10. The van der Waals surface area contributed by atoms with Gasteiger partial charge in [0.2, 0.25) is 5.95 Å². The topological polar surface area (TPSA) is 66.9 Å². The monoisotopic (exact) mass is 292 g/mol. The fourth-order valence-corrected chi connectivity index (χ4v) is 1.90. The summed E-state index contributed by atoms with van der Waals surface area (Å²) in [4.78, 5) is 20.7. The third kappa shape index (κ3) is 7.06. The zero-order valence-corrected chi connectivity index (χ0v) is 13.7. The lowest BCUT2D eigenvalue weighted by Crippen LogP contribution is -2.26. The molecule has 1 aromatic heterocycles. The minimum atomic E-state index is -0.127. The lowest BCUT2D eigenvalue weighted by atomic mass is 10.1. The SMILES string of the molecule is CCCCCNc1nc(C)cc(C(=O)NCCC(C)C)n1. The number of anilines is 1. The van der Waals surface area contributed by atoms with Crippen LogP contribution in [0.5, 0.6) is 0 Å². The average molecular weight is 292 g/mol. The molecule has 1 amide bonds. The number of carbonyl (C=O) groups is 1. The van der Waals surface area contributed by atoms with Gasteiger partial charge in [0.1, 0.15) is 5.69 Å². The van der Waals surface area contributed by atoms with Gasteiger partial charge in [0.25, 0.3) is 5.91 Å². The van der Waals surface area contributed by atoms with E-state index in [-0.39, 0.29) is 5.91 Å². The van der Waals surface area contributed by atoms with Crippen molar-refractivity contribution in [1.82, 2.24) is 15.3 Å². The summed E-state index contributed by atoms with van der Waals surface area (Å²) < 4.78 is 0. The largest absolute Gasteiger partial charge is 0.354 e. The first-order valence-corrected chi connectivity index (χ1v) is 7.90. The summed E-state index contributed by atoms with van der Waals surface area (Å²) in [5, 5.41) is 6.09. The van der Waals surface area contributed by atoms with Gasteiger partial charge in [-0.15, -0.1) is 0 Å². The Morgan fingerprint density at radius 2 is 2.00 bits per heavy atom. The summed E-state index contributed by atoms with van der Waals surface area (Å²) in [7, 11) is 0. The van der Waals surface area contributed by atoms with Gasteiger partial charge in [0.05, 0.1) is 0 Å². The highest BCUT2D eigenvalue weighted by molar-refractivity contribution is 5.92. The second-order valence-electron chi connectivity index (χ2n) is 5.79. The first kappa shape index (κ1) is 17.4. The molecular weight excluding hydrogens is 264 g/mol. The summed E-state index contributed by atoms with van der Waals surface area (Å²) in [6.45, 7) is 9.84. The zero-order valence-electron chi connectivity index (χ0n) is 13.7. The number of aromatic nitrogens is 2. The molecule has 0 spiro atoms. The van der Waals surface area contributed by atoms with Crippen LogP contribution in [-0.2, 0) is 0 Å². The molecule has 1 rings (SSSR count). The van der Waals surface area contributed by atoms with Crippen molar-refractivity contribution in [1.29, 1.82) is 0 Å². The Morgan fingerprint density at radius 3 is 2.67 bits per heavy atom. The van der Waals surface area contributed by atoms with E-state index in [1.807, 2.05) is 6.92 Å². The number of unbranched alkanes of at least 4 members (excludes halogenated alkanes) is 2. The highest BCUT2D eigenvalue weighted by atomic mass is 16.1. The Morgan fingerprint density at radius 1 is 1.24 bits per heavy atom. The molecule has 0 aliphatic heterocycles. The van der Waals surface area contributed by atoms with Gasteiger partial charge in [-0.2, -0.15) is 0 Å². The molecule has 0 fully saturated rings. The molecule has 0 aromatic carbocycles. The molecule has 21 heavy (non-hydrogen) atoms. The van der Waals surface area contributed by atoms with E-state index < -0.39 is 0 Å². The molecule has 0 saturated heterocycles. The van der Waals surface area contributed by atoms with Crippen molar-refractivity contribution in [3.8, 4) is 0 Å². The van der Waals surface area contributed by atoms with E-state index in [4.69, 9.17) is 0 Å². The van der Waals surface area contributed by atoms with Crippen LogP contribution in [0.1, 0.15) is 62.6 Å². The van der Waals surface area contributed by atoms with Crippen molar-refractivity contribution in [2.75, 3.05) is 18.4 Å². The van der Waals surface area contributed by atoms with Crippen molar-refractivity contribution >= 4 is 11.9 Å². The van der Waals surface area contributed by atoms with Crippen LogP contribution >= 0.6 is 0 Å². The van der Waals surface area contributed by atoms with Gasteiger partial charge in [0.15, 0.2) is 0 Å². The van der Waals surface area contributed by atoms with Crippen LogP contribution in [0.25, 0.3) is 0 Å². The number of nitrogens with one attached hydrogen (secondary N) is 2. The molecular formula is C16H28N4O. The zero-order chi connectivity index (χ0) is 15.7. The third-order valence-corrected chi connectivity index (χ3v) is 3.16. The molecule has 0 aliphatic carbocycles. The number of hydrogen-bond acceptors (Lipinski definition) is 4. The first-order chi connectivity index (χ1) is 10.0. The van der Waals surface area contributed by atoms with Gasteiger partial charge in [-0.3, -0.25) is 4.79 Å². The molecule has 0 saturated carbocycles. The molecule has 5 nitrogen and oxygen atoms in total. The maximum absolute atomic E-state index is 12.1. The van der Waals surface area contributed by atoms with Gasteiger partial charge in [-0.05, 0) is 31.7 Å². The van der Waals surface area contributed by atoms with Crippen LogP contribution < -0.4 is 10.6 Å². The van der Waals surface area contributed by atoms with Crippen molar-refractivity contribution in [2.24, 2.45) is 5.92 Å². The average Bonchev–Trinajstić information content (AvgIpc) is 2.42. The van der Waals surface area contributed by atoms with E-state index in [2.05, 4.69) is 41.4 Å². The number of rotatable bonds is 9. The van der Waals surface area contributed by atoms with E-state index >= 15 is 0 Å². The number of amides is 1. The second-order valence-corrected chi connectivity index (χ2v) is 5.79. The Labute approximate surface area is 128 Å². The summed E-state index contributed by atoms with van der Waals surface area (Å²) >= 11 is 0. The van der Waals surface area contributed by atoms with Crippen LogP contribution in [0.3, 0.4) is 0 Å². The van der Waals surface area contributed by atoms with Crippen molar-refractivity contribution in [3.63, 3.8) is 0 Å². The summed E-state index contributed by atoms with van der Waals surface area (Å²) in [5.74, 6) is 0.992. The van der Waals surface area contributed by atoms with Crippen LogP contribution in [-0.4, -0.2) is 29.0 Å². The molecule has 5 heteroatoms. The van der Waals surface area contributed by atoms with E-state index in [9.17, 15) is 4.79 Å². The first-order valence-electron chi connectivity index (χ1n) is 7.90. The standard InChI is InChI=1S/C16H28N4O/c1-5-6-7-9-18-16-19-13(4)11-14(20-16)15(21)17-10-8-12(2)3/h11-12H,5-10H2,1-4H3,(H,17,21)(H,18,19,20). The van der Waals surface area contributed by atoms with Crippen LogP contribution in [0.4, 0.5) is 5.95 Å². The molecule has 118 valence electrons. The molecule has 1 heterocycles. The summed E-state index contributed by atoms with van der Waals surface area (Å²) in [5.41, 5.74) is 1.24. The maximum atomic E-state index is 12.1. The minimum Gasteiger partial charge on any atom is -0.354 e. The van der Waals surface area contributed by atoms with Gasteiger partial charge in [-0.25, -0.2) is 9.97 Å². The molecule has 1 aromatic rings. The van der Waals surface area contributed by atoms with Gasteiger partial charge < -0.3 is 10.6 Å². The van der Waals surface area contributed by atoms with E-state index in [1.165, 1.54) is 12.8 Å². The van der Waals surface area contributed by atoms with Gasteiger partial charge in [0, 0.05) is 18.8 Å². The lowest BCUT2D eigenvalue weighted by molar-refractivity contribution is 0.0947. The Kier molecular flexibility index (Phi) is 7.72. The van der Waals surface area contributed by atoms with Crippen LogP contribution in [0.15, 0.2) is 6.07 Å². The number of carbonyl (C=O) groups excluding carboxylic acids is 1. The predicted octanol–water partition coefficient (Wildman–Crippen LogP) is 3.16. The van der Waals surface area contributed by atoms with Gasteiger partial charge in [-0.1, -0.05) is 33.6 Å². The van der Waals surface area contributed by atoms with Crippen molar-refractivity contribution < 1.29 is 4.79 Å². The van der Waals surface area contributed by atoms with Crippen molar-refractivity contribution in [3.05, 3.63) is 17.5 Å². The normalized spacial score (nSPS) is 10.7. The molecule has 0 aliphatic rings. The van der Waals surface area contributed by atoms with Crippen LogP contribution in [0, 0.1) is 12.8 Å². The molecule has 0 bridgehead atoms. The smallest absolute Gasteiger partial charge is 0.270 e. The predicted molar refractivity (Wildman–Crippen MR) is 86.6 cm³/mol. The minimum absolute atomic E-state index is 0.127. The second kappa shape index (κ2) is 9.32. The van der Waals surface area contributed by atoms with E-state index in [0.29, 0.717) is 24.1 Å². The van der Waals surface area contributed by atoms with Crippen LogP contribution in [0.2, 0.25) is 0 Å². The Balaban J connectivity index is 2.57. The maximum Gasteiger partial charge on any atom is 0.270 e. The molecule has 0 unspecified atom stereocenters. The van der Waals surface area contributed by atoms with Crippen molar-refractivity contribution in [2.45, 2.75) is 53.4 Å². The van der Waals surface area contributed by atoms with E-state index in [0.717, 1.165) is 25.1 Å². The lowest BCUT2D eigenvalue weighted by Gasteiger charge is -2.09. The third-order valence-electron chi connectivity index (χ3n) is 3.16. The Hall–Kier alpha value is -1.65. The quantitative estimate of drug-likeness (QED) is 0.686. The summed E-state index contributed by atoms with van der Waals surface area (Å²) in [6, 6.07) is 1.72.